The van der Waals surface area contributed by atoms with Crippen molar-refractivity contribution in [1.29, 1.82) is 0 Å². The van der Waals surface area contributed by atoms with Gasteiger partial charge in [0.15, 0.2) is 13.2 Å². The maximum Gasteiger partial charge on any atom is 0.338 e. The molecule has 1 aliphatic rings. The predicted octanol–water partition coefficient (Wildman–Crippen LogP) is 1.29. The van der Waals surface area contributed by atoms with Crippen LogP contribution in [0.4, 0.5) is 0 Å². The quantitative estimate of drug-likeness (QED) is 0.775. The van der Waals surface area contributed by atoms with Gasteiger partial charge < -0.3 is 20.1 Å². The molecule has 0 fully saturated rings. The molecule has 27 heavy (non-hydrogen) atoms. The van der Waals surface area contributed by atoms with E-state index in [1.165, 1.54) is 29.8 Å². The van der Waals surface area contributed by atoms with Crippen LogP contribution in [0.1, 0.15) is 21.5 Å². The first-order valence-corrected chi connectivity index (χ1v) is 8.56. The number of nitrogens with two attached hydrogens (primary N) is 1. The standard InChI is InChI=1S/C20H20N2O5/c21-18(23)12-26-17-7-5-15(6-8-17)20(25)27-13-19(24)22-10-9-14-3-1-2-4-16(14)11-22/h1-8H,9-13H2,(H2,21,23). The van der Waals surface area contributed by atoms with Gasteiger partial charge >= 0.3 is 5.97 Å². The molecule has 0 aliphatic carbocycles. The molecule has 0 spiro atoms. The van der Waals surface area contributed by atoms with Gasteiger partial charge in [-0.3, -0.25) is 9.59 Å². The fraction of sp³-hybridized carbons (Fsp3) is 0.250. The van der Waals surface area contributed by atoms with E-state index in [1.54, 1.807) is 4.90 Å². The van der Waals surface area contributed by atoms with Crippen molar-refractivity contribution in [2.75, 3.05) is 19.8 Å². The van der Waals surface area contributed by atoms with E-state index in [2.05, 4.69) is 6.07 Å². The summed E-state index contributed by atoms with van der Waals surface area (Å²) >= 11 is 0. The molecule has 0 aromatic heterocycles. The van der Waals surface area contributed by atoms with Gasteiger partial charge in [-0.1, -0.05) is 24.3 Å². The van der Waals surface area contributed by atoms with Crippen molar-refractivity contribution in [3.05, 3.63) is 65.2 Å². The summed E-state index contributed by atoms with van der Waals surface area (Å²) < 4.78 is 10.2. The Labute approximate surface area is 156 Å². The number of primary amides is 1. The number of hydrogen-bond donors (Lipinski definition) is 1. The Hall–Kier alpha value is -3.35. The Kier molecular flexibility index (Phi) is 5.71. The minimum Gasteiger partial charge on any atom is -0.484 e. The maximum atomic E-state index is 12.3. The summed E-state index contributed by atoms with van der Waals surface area (Å²) in [4.78, 5) is 36.8. The molecule has 140 valence electrons. The highest BCUT2D eigenvalue weighted by atomic mass is 16.5. The van der Waals surface area contributed by atoms with Gasteiger partial charge in [0.2, 0.25) is 0 Å². The van der Waals surface area contributed by atoms with Gasteiger partial charge in [-0.2, -0.15) is 0 Å². The molecule has 0 unspecified atom stereocenters. The van der Waals surface area contributed by atoms with Gasteiger partial charge in [0, 0.05) is 13.1 Å². The Morgan fingerprint density at radius 3 is 2.37 bits per heavy atom. The normalized spacial score (nSPS) is 12.8. The number of carbonyl (C=O) groups excluding carboxylic acids is 3. The zero-order valence-electron chi connectivity index (χ0n) is 14.7. The third-order valence-corrected chi connectivity index (χ3v) is 4.28. The number of fused-ring (bicyclic) bond motifs is 1. The lowest BCUT2D eigenvalue weighted by Crippen LogP contribution is -2.38. The fourth-order valence-corrected chi connectivity index (χ4v) is 2.85. The van der Waals surface area contributed by atoms with E-state index in [-0.39, 0.29) is 19.1 Å². The van der Waals surface area contributed by atoms with E-state index < -0.39 is 11.9 Å². The zero-order chi connectivity index (χ0) is 19.2. The molecule has 0 saturated carbocycles. The first-order valence-electron chi connectivity index (χ1n) is 8.56. The summed E-state index contributed by atoms with van der Waals surface area (Å²) in [5.74, 6) is -0.993. The Morgan fingerprint density at radius 2 is 1.67 bits per heavy atom. The topological polar surface area (TPSA) is 98.9 Å². The molecular weight excluding hydrogens is 348 g/mol. The second-order valence-corrected chi connectivity index (χ2v) is 6.19. The number of esters is 1. The summed E-state index contributed by atoms with van der Waals surface area (Å²) in [5, 5.41) is 0. The first kappa shape index (κ1) is 18.4. The lowest BCUT2D eigenvalue weighted by atomic mass is 10.00. The van der Waals surface area contributed by atoms with E-state index in [0.29, 0.717) is 24.4 Å². The van der Waals surface area contributed by atoms with Crippen LogP contribution in [-0.2, 0) is 27.3 Å². The molecule has 7 nitrogen and oxygen atoms in total. The number of carbonyl (C=O) groups is 3. The van der Waals surface area contributed by atoms with Crippen molar-refractivity contribution in [3.8, 4) is 5.75 Å². The molecule has 2 N–H and O–H groups in total. The van der Waals surface area contributed by atoms with E-state index in [1.807, 2.05) is 18.2 Å². The van der Waals surface area contributed by atoms with E-state index in [0.717, 1.165) is 12.0 Å². The highest BCUT2D eigenvalue weighted by Gasteiger charge is 2.21. The second-order valence-electron chi connectivity index (χ2n) is 6.19. The average molecular weight is 368 g/mol. The van der Waals surface area contributed by atoms with E-state index in [4.69, 9.17) is 15.2 Å². The van der Waals surface area contributed by atoms with Crippen LogP contribution in [-0.4, -0.2) is 42.4 Å². The molecule has 7 heteroatoms. The average Bonchev–Trinajstić information content (AvgIpc) is 2.70. The monoisotopic (exact) mass is 368 g/mol. The molecule has 0 radical (unpaired) electrons. The summed E-state index contributed by atoms with van der Waals surface area (Å²) in [6.07, 6.45) is 0.794. The van der Waals surface area contributed by atoms with Crippen molar-refractivity contribution in [2.24, 2.45) is 5.73 Å². The molecular formula is C20H20N2O5. The molecule has 3 rings (SSSR count). The number of nitrogens with zero attached hydrogens (tertiary/aromatic N) is 1. The number of amides is 2. The Morgan fingerprint density at radius 1 is 0.963 bits per heavy atom. The number of hydrogen-bond acceptors (Lipinski definition) is 5. The number of rotatable bonds is 6. The lowest BCUT2D eigenvalue weighted by molar-refractivity contribution is -0.135. The lowest BCUT2D eigenvalue weighted by Gasteiger charge is -2.28. The van der Waals surface area contributed by atoms with Gasteiger partial charge in [-0.15, -0.1) is 0 Å². The van der Waals surface area contributed by atoms with Crippen LogP contribution in [0.3, 0.4) is 0 Å². The smallest absolute Gasteiger partial charge is 0.338 e. The molecule has 2 aromatic carbocycles. The Balaban J connectivity index is 1.50. The van der Waals surface area contributed by atoms with Crippen molar-refractivity contribution < 1.29 is 23.9 Å². The minimum absolute atomic E-state index is 0.223. The van der Waals surface area contributed by atoms with Gasteiger partial charge in [0.25, 0.3) is 11.8 Å². The molecule has 2 amide bonds. The minimum atomic E-state index is -0.595. The van der Waals surface area contributed by atoms with Gasteiger partial charge in [0.05, 0.1) is 5.56 Å². The third-order valence-electron chi connectivity index (χ3n) is 4.28. The molecule has 0 saturated heterocycles. The predicted molar refractivity (Wildman–Crippen MR) is 97.0 cm³/mol. The van der Waals surface area contributed by atoms with Gasteiger partial charge in [-0.05, 0) is 41.8 Å². The van der Waals surface area contributed by atoms with Crippen LogP contribution in [0.15, 0.2) is 48.5 Å². The second kappa shape index (κ2) is 8.35. The highest BCUT2D eigenvalue weighted by Crippen LogP contribution is 2.18. The number of ether oxygens (including phenoxy) is 2. The molecule has 1 aliphatic heterocycles. The number of benzene rings is 2. The van der Waals surface area contributed by atoms with Gasteiger partial charge in [0.1, 0.15) is 5.75 Å². The highest BCUT2D eigenvalue weighted by molar-refractivity contribution is 5.91. The summed E-state index contributed by atoms with van der Waals surface area (Å²) in [5.41, 5.74) is 7.66. The van der Waals surface area contributed by atoms with Crippen LogP contribution in [0.25, 0.3) is 0 Å². The van der Waals surface area contributed by atoms with Crippen LogP contribution < -0.4 is 10.5 Å². The van der Waals surface area contributed by atoms with Crippen molar-refractivity contribution >= 4 is 17.8 Å². The van der Waals surface area contributed by atoms with Crippen molar-refractivity contribution in [3.63, 3.8) is 0 Å². The van der Waals surface area contributed by atoms with Crippen LogP contribution in [0.5, 0.6) is 5.75 Å². The maximum absolute atomic E-state index is 12.3. The van der Waals surface area contributed by atoms with E-state index >= 15 is 0 Å². The fourth-order valence-electron chi connectivity index (χ4n) is 2.85. The summed E-state index contributed by atoms with van der Waals surface area (Å²) in [6, 6.07) is 14.1. The first-order chi connectivity index (χ1) is 13.0. The van der Waals surface area contributed by atoms with Crippen LogP contribution >= 0.6 is 0 Å². The zero-order valence-corrected chi connectivity index (χ0v) is 14.7. The Bertz CT molecular complexity index is 848. The third kappa shape index (κ3) is 4.84. The molecule has 2 aromatic rings. The largest absolute Gasteiger partial charge is 0.484 e. The van der Waals surface area contributed by atoms with E-state index in [9.17, 15) is 14.4 Å². The van der Waals surface area contributed by atoms with Crippen LogP contribution in [0.2, 0.25) is 0 Å². The summed E-state index contributed by atoms with van der Waals surface area (Å²) in [7, 11) is 0. The van der Waals surface area contributed by atoms with Crippen molar-refractivity contribution in [2.45, 2.75) is 13.0 Å². The van der Waals surface area contributed by atoms with Crippen LogP contribution in [0, 0.1) is 0 Å². The van der Waals surface area contributed by atoms with Crippen molar-refractivity contribution in [1.82, 2.24) is 4.90 Å². The molecule has 0 atom stereocenters. The summed E-state index contributed by atoms with van der Waals surface area (Å²) in [6.45, 7) is 0.593. The molecule has 1 heterocycles. The SMILES string of the molecule is NC(=O)COc1ccc(C(=O)OCC(=O)N2CCc3ccccc3C2)cc1. The molecule has 0 bridgehead atoms. The van der Waals surface area contributed by atoms with Gasteiger partial charge in [-0.25, -0.2) is 4.79 Å².